The molecule has 0 fully saturated rings. The topological polar surface area (TPSA) is 93.9 Å². The molecule has 3 aromatic rings. The molecule has 0 saturated heterocycles. The van der Waals surface area contributed by atoms with Crippen molar-refractivity contribution < 1.29 is 18.5 Å². The minimum atomic E-state index is -0.288. The van der Waals surface area contributed by atoms with Crippen LogP contribution < -0.4 is 15.5 Å². The highest BCUT2D eigenvalue weighted by molar-refractivity contribution is 5.90. The average molecular weight is 497 g/mol. The summed E-state index contributed by atoms with van der Waals surface area (Å²) in [5, 5.41) is 14.4. The number of nitrogens with one attached hydrogen (secondary N) is 2. The first-order valence-electron chi connectivity index (χ1n) is 12.1. The molecule has 9 nitrogen and oxygen atoms in total. The lowest BCUT2D eigenvalue weighted by atomic mass is 10.1. The third kappa shape index (κ3) is 5.66. The van der Waals surface area contributed by atoms with Gasteiger partial charge in [-0.2, -0.15) is 0 Å². The molecule has 192 valence electrons. The normalized spacial score (nSPS) is 13.1. The number of carbonyl (C=O) groups excluding carboxylic acids is 2. The van der Waals surface area contributed by atoms with E-state index in [0.717, 1.165) is 40.0 Å². The fraction of sp³-hybridized carbons (Fsp3) is 0.423. The Hall–Kier alpha value is -3.50. The molecule has 1 aliphatic heterocycles. The van der Waals surface area contributed by atoms with Gasteiger partial charge in [0.25, 0.3) is 5.91 Å². The number of halogens is 1. The van der Waals surface area contributed by atoms with Crippen molar-refractivity contribution >= 4 is 28.5 Å². The molecule has 0 unspecified atom stereocenters. The lowest BCUT2D eigenvalue weighted by Crippen LogP contribution is -2.48. The molecule has 0 atom stereocenters. The van der Waals surface area contributed by atoms with E-state index in [9.17, 15) is 14.0 Å². The number of amides is 2. The van der Waals surface area contributed by atoms with Gasteiger partial charge >= 0.3 is 0 Å². The lowest BCUT2D eigenvalue weighted by molar-refractivity contribution is -0.145. The second-order valence-electron chi connectivity index (χ2n) is 9.12. The van der Waals surface area contributed by atoms with Gasteiger partial charge in [0.05, 0.1) is 18.8 Å². The van der Waals surface area contributed by atoms with Crippen LogP contribution in [0.1, 0.15) is 29.3 Å². The minimum Gasteiger partial charge on any atom is -0.356 e. The Morgan fingerprint density at radius 2 is 1.89 bits per heavy atom. The van der Waals surface area contributed by atoms with Crippen LogP contribution in [0, 0.1) is 19.7 Å². The van der Waals surface area contributed by atoms with Crippen molar-refractivity contribution in [1.29, 1.82) is 0 Å². The third-order valence-corrected chi connectivity index (χ3v) is 6.50. The van der Waals surface area contributed by atoms with Crippen LogP contribution in [0.15, 0.2) is 34.9 Å². The van der Waals surface area contributed by atoms with Crippen LogP contribution in [0.25, 0.3) is 11.0 Å². The predicted molar refractivity (Wildman–Crippen MR) is 136 cm³/mol. The maximum absolute atomic E-state index is 13.7. The SMILES string of the molecule is CCNCCNC(=O)CN(CC(=O)N(C)N1Cc2ccc(F)cc2C1)c1cc2onc(C)c2cc1C. The van der Waals surface area contributed by atoms with Gasteiger partial charge in [0.1, 0.15) is 5.82 Å². The summed E-state index contributed by atoms with van der Waals surface area (Å²) in [5.41, 5.74) is 4.89. The summed E-state index contributed by atoms with van der Waals surface area (Å²) in [6.45, 7) is 8.77. The Morgan fingerprint density at radius 3 is 2.67 bits per heavy atom. The van der Waals surface area contributed by atoms with E-state index >= 15 is 0 Å². The molecule has 0 spiro atoms. The van der Waals surface area contributed by atoms with Crippen LogP contribution >= 0.6 is 0 Å². The van der Waals surface area contributed by atoms with Gasteiger partial charge in [-0.3, -0.25) is 14.6 Å². The molecule has 4 rings (SSSR count). The van der Waals surface area contributed by atoms with Gasteiger partial charge in [-0.1, -0.05) is 18.1 Å². The summed E-state index contributed by atoms with van der Waals surface area (Å²) in [4.78, 5) is 27.9. The maximum Gasteiger partial charge on any atom is 0.256 e. The number of benzene rings is 2. The van der Waals surface area contributed by atoms with E-state index in [4.69, 9.17) is 4.52 Å². The molecule has 0 bridgehead atoms. The van der Waals surface area contributed by atoms with Crippen LogP contribution in [-0.4, -0.2) is 66.8 Å². The number of hydrogen-bond acceptors (Lipinski definition) is 7. The quantitative estimate of drug-likeness (QED) is 0.417. The lowest BCUT2D eigenvalue weighted by Gasteiger charge is -2.31. The van der Waals surface area contributed by atoms with E-state index in [-0.39, 0.29) is 30.7 Å². The van der Waals surface area contributed by atoms with Gasteiger partial charge in [0, 0.05) is 50.4 Å². The highest BCUT2D eigenvalue weighted by Crippen LogP contribution is 2.29. The van der Waals surface area contributed by atoms with Crippen LogP contribution in [-0.2, 0) is 22.7 Å². The summed E-state index contributed by atoms with van der Waals surface area (Å²) in [5.74, 6) is -0.651. The van der Waals surface area contributed by atoms with E-state index in [1.54, 1.807) is 23.0 Å². The van der Waals surface area contributed by atoms with Gasteiger partial charge in [-0.05, 0) is 55.3 Å². The Bertz CT molecular complexity index is 1260. The van der Waals surface area contributed by atoms with E-state index < -0.39 is 0 Å². The van der Waals surface area contributed by atoms with Crippen LogP contribution in [0.5, 0.6) is 0 Å². The predicted octanol–water partition coefficient (Wildman–Crippen LogP) is 2.51. The number of likely N-dealkylation sites (N-methyl/N-ethyl adjacent to an activating group) is 2. The van der Waals surface area contributed by atoms with Crippen LogP contribution in [0.2, 0.25) is 0 Å². The van der Waals surface area contributed by atoms with Gasteiger partial charge in [0.15, 0.2) is 5.58 Å². The zero-order chi connectivity index (χ0) is 25.8. The standard InChI is InChI=1S/C26H33FN6O3/c1-5-28-8-9-29-25(34)15-32(23-12-24-22(10-17(23)2)18(3)30-36-24)16-26(35)31(4)33-13-19-6-7-21(27)11-20(19)14-33/h6-7,10-12,28H,5,8-9,13-16H2,1-4H3,(H,29,34). The molecule has 1 aromatic heterocycles. The number of aromatic nitrogens is 1. The van der Waals surface area contributed by atoms with Crippen molar-refractivity contribution in [2.75, 3.05) is 44.7 Å². The van der Waals surface area contributed by atoms with Crippen LogP contribution in [0.3, 0.4) is 0 Å². The molecule has 0 radical (unpaired) electrons. The Labute approximate surface area is 210 Å². The van der Waals surface area contributed by atoms with E-state index in [2.05, 4.69) is 15.8 Å². The number of rotatable bonds is 10. The molecule has 2 heterocycles. The smallest absolute Gasteiger partial charge is 0.256 e. The van der Waals surface area contributed by atoms with Gasteiger partial charge in [0.2, 0.25) is 5.91 Å². The number of fused-ring (bicyclic) bond motifs is 2. The molecule has 0 saturated carbocycles. The summed E-state index contributed by atoms with van der Waals surface area (Å²) >= 11 is 0. The molecule has 2 aromatic carbocycles. The molecule has 2 N–H and O–H groups in total. The van der Waals surface area contributed by atoms with Crippen molar-refractivity contribution in [3.05, 3.63) is 58.5 Å². The van der Waals surface area contributed by atoms with E-state index in [1.807, 2.05) is 37.9 Å². The minimum absolute atomic E-state index is 0.0105. The fourth-order valence-corrected chi connectivity index (χ4v) is 4.45. The van der Waals surface area contributed by atoms with Crippen molar-refractivity contribution in [2.24, 2.45) is 0 Å². The summed E-state index contributed by atoms with van der Waals surface area (Å²) in [7, 11) is 1.70. The van der Waals surface area contributed by atoms with Gasteiger partial charge < -0.3 is 20.1 Å². The highest BCUT2D eigenvalue weighted by Gasteiger charge is 2.27. The first-order chi connectivity index (χ1) is 17.3. The zero-order valence-electron chi connectivity index (χ0n) is 21.2. The van der Waals surface area contributed by atoms with Crippen LogP contribution in [0.4, 0.5) is 10.1 Å². The number of hydrogen-bond donors (Lipinski definition) is 2. The van der Waals surface area contributed by atoms with Crippen molar-refractivity contribution in [1.82, 2.24) is 25.8 Å². The third-order valence-electron chi connectivity index (χ3n) is 6.50. The molecule has 10 heteroatoms. The second kappa shape index (κ2) is 11.0. The molecular weight excluding hydrogens is 463 g/mol. The molecule has 36 heavy (non-hydrogen) atoms. The largest absolute Gasteiger partial charge is 0.356 e. The van der Waals surface area contributed by atoms with Gasteiger partial charge in [-0.25, -0.2) is 9.40 Å². The molecule has 0 aliphatic carbocycles. The number of aryl methyl sites for hydroxylation is 2. The average Bonchev–Trinajstić information content (AvgIpc) is 3.43. The summed E-state index contributed by atoms with van der Waals surface area (Å²) in [6.07, 6.45) is 0. The van der Waals surface area contributed by atoms with E-state index in [1.165, 1.54) is 12.1 Å². The summed E-state index contributed by atoms with van der Waals surface area (Å²) in [6, 6.07) is 8.50. The molecular formula is C26H33FN6O3. The van der Waals surface area contributed by atoms with Gasteiger partial charge in [-0.15, -0.1) is 0 Å². The Morgan fingerprint density at radius 1 is 1.11 bits per heavy atom. The summed E-state index contributed by atoms with van der Waals surface area (Å²) < 4.78 is 19.1. The zero-order valence-corrected chi connectivity index (χ0v) is 21.2. The monoisotopic (exact) mass is 496 g/mol. The fourth-order valence-electron chi connectivity index (χ4n) is 4.45. The highest BCUT2D eigenvalue weighted by atomic mass is 19.1. The first-order valence-corrected chi connectivity index (χ1v) is 12.1. The van der Waals surface area contributed by atoms with Crippen molar-refractivity contribution in [3.63, 3.8) is 0 Å². The van der Waals surface area contributed by atoms with Crippen molar-refractivity contribution in [2.45, 2.75) is 33.9 Å². The molecule has 1 aliphatic rings. The van der Waals surface area contributed by atoms with E-state index in [0.29, 0.717) is 31.8 Å². The second-order valence-corrected chi connectivity index (χ2v) is 9.12. The number of anilines is 1. The molecule has 2 amide bonds. The first kappa shape index (κ1) is 25.6. The Kier molecular flexibility index (Phi) is 7.85. The Balaban J connectivity index is 1.52. The number of carbonyl (C=O) groups is 2. The maximum atomic E-state index is 13.7. The van der Waals surface area contributed by atoms with Crippen molar-refractivity contribution in [3.8, 4) is 0 Å². The number of hydrazine groups is 1. The number of nitrogens with zero attached hydrogens (tertiary/aromatic N) is 4.